The molecule has 2 heterocycles. The third kappa shape index (κ3) is 1.96. The van der Waals surface area contributed by atoms with Crippen molar-refractivity contribution in [2.75, 3.05) is 5.73 Å². The fourth-order valence-corrected chi connectivity index (χ4v) is 2.77. The predicted molar refractivity (Wildman–Crippen MR) is 76.5 cm³/mol. The zero-order valence-electron chi connectivity index (χ0n) is 11.2. The van der Waals surface area contributed by atoms with Gasteiger partial charge < -0.3 is 10.5 Å². The number of ether oxygens (including phenoxy) is 1. The van der Waals surface area contributed by atoms with Gasteiger partial charge in [0.05, 0.1) is 6.20 Å². The zero-order valence-corrected chi connectivity index (χ0v) is 12.0. The molecule has 0 saturated carbocycles. The summed E-state index contributed by atoms with van der Waals surface area (Å²) in [5.41, 5.74) is 8.74. The maximum absolute atomic E-state index is 6.21. The molecule has 0 spiro atoms. The summed E-state index contributed by atoms with van der Waals surface area (Å²) in [5.74, 6) is 1.48. The number of anilines is 1. The molecule has 1 aliphatic heterocycles. The van der Waals surface area contributed by atoms with Gasteiger partial charge in [-0.1, -0.05) is 11.6 Å². The normalized spacial score (nSPS) is 16.2. The Labute approximate surface area is 117 Å². The van der Waals surface area contributed by atoms with Crippen LogP contribution in [0.5, 0.6) is 5.75 Å². The minimum Gasteiger partial charge on any atom is -0.487 e. The van der Waals surface area contributed by atoms with Crippen LogP contribution in [-0.4, -0.2) is 15.4 Å². The Hall–Kier alpha value is -1.68. The van der Waals surface area contributed by atoms with Gasteiger partial charge in [0.2, 0.25) is 0 Å². The fourth-order valence-electron chi connectivity index (χ4n) is 2.53. The van der Waals surface area contributed by atoms with Crippen LogP contribution in [0.4, 0.5) is 5.82 Å². The van der Waals surface area contributed by atoms with Gasteiger partial charge in [0.25, 0.3) is 0 Å². The smallest absolute Gasteiger partial charge is 0.131 e. The third-order valence-electron chi connectivity index (χ3n) is 3.40. The van der Waals surface area contributed by atoms with E-state index in [2.05, 4.69) is 18.9 Å². The predicted octanol–water partition coefficient (Wildman–Crippen LogP) is 3.04. The molecule has 2 aromatic rings. The Balaban J connectivity index is 2.21. The average molecular weight is 278 g/mol. The zero-order chi connectivity index (χ0) is 13.8. The van der Waals surface area contributed by atoms with E-state index in [1.54, 1.807) is 10.9 Å². The second kappa shape index (κ2) is 3.90. The number of aryl methyl sites for hydroxylation is 1. The number of halogens is 1. The van der Waals surface area contributed by atoms with Gasteiger partial charge in [-0.15, -0.1) is 0 Å². The first kappa shape index (κ1) is 12.4. The van der Waals surface area contributed by atoms with Crippen LogP contribution in [0, 0.1) is 0 Å². The number of nitrogen functional groups attached to an aromatic ring is 1. The van der Waals surface area contributed by atoms with Crippen molar-refractivity contribution in [1.29, 1.82) is 0 Å². The van der Waals surface area contributed by atoms with E-state index in [1.165, 1.54) is 0 Å². The van der Waals surface area contributed by atoms with Crippen molar-refractivity contribution in [3.8, 4) is 16.9 Å². The first-order chi connectivity index (χ1) is 8.87. The molecule has 1 aromatic carbocycles. The van der Waals surface area contributed by atoms with E-state index in [4.69, 9.17) is 22.1 Å². The van der Waals surface area contributed by atoms with Gasteiger partial charge in [-0.2, -0.15) is 5.10 Å². The first-order valence-corrected chi connectivity index (χ1v) is 6.54. The van der Waals surface area contributed by atoms with E-state index in [0.29, 0.717) is 10.8 Å². The van der Waals surface area contributed by atoms with Gasteiger partial charge in [-0.05, 0) is 26.0 Å². The van der Waals surface area contributed by atoms with Crippen molar-refractivity contribution in [2.45, 2.75) is 25.9 Å². The molecule has 1 aromatic heterocycles. The molecule has 19 heavy (non-hydrogen) atoms. The fraction of sp³-hybridized carbons (Fsp3) is 0.357. The molecule has 0 amide bonds. The monoisotopic (exact) mass is 277 g/mol. The van der Waals surface area contributed by atoms with E-state index in [9.17, 15) is 0 Å². The first-order valence-electron chi connectivity index (χ1n) is 6.17. The largest absolute Gasteiger partial charge is 0.487 e. The molecule has 0 aliphatic carbocycles. The summed E-state index contributed by atoms with van der Waals surface area (Å²) in [4.78, 5) is 0. The lowest BCUT2D eigenvalue weighted by Crippen LogP contribution is -2.24. The number of nitrogens with two attached hydrogens (primary N) is 1. The molecule has 0 bridgehead atoms. The van der Waals surface area contributed by atoms with E-state index in [1.807, 2.05) is 19.2 Å². The molecule has 2 N–H and O–H groups in total. The lowest BCUT2D eigenvalue weighted by atomic mass is 9.99. The maximum Gasteiger partial charge on any atom is 0.131 e. The van der Waals surface area contributed by atoms with Crippen LogP contribution >= 0.6 is 11.6 Å². The van der Waals surface area contributed by atoms with Crippen molar-refractivity contribution in [1.82, 2.24) is 9.78 Å². The molecule has 0 fully saturated rings. The summed E-state index contributed by atoms with van der Waals surface area (Å²) < 4.78 is 7.69. The molecule has 0 saturated heterocycles. The Morgan fingerprint density at radius 1 is 1.37 bits per heavy atom. The maximum atomic E-state index is 6.21. The Morgan fingerprint density at radius 3 is 2.74 bits per heavy atom. The lowest BCUT2D eigenvalue weighted by molar-refractivity contribution is 0.139. The van der Waals surface area contributed by atoms with Gasteiger partial charge in [0, 0.05) is 35.2 Å². The molecule has 0 atom stereocenters. The third-order valence-corrected chi connectivity index (χ3v) is 3.62. The molecule has 100 valence electrons. The molecule has 0 unspecified atom stereocenters. The topological polar surface area (TPSA) is 53.1 Å². The number of fused-ring (bicyclic) bond motifs is 1. The van der Waals surface area contributed by atoms with E-state index < -0.39 is 0 Å². The summed E-state index contributed by atoms with van der Waals surface area (Å²) >= 11 is 6.21. The Kier molecular flexibility index (Phi) is 2.54. The summed E-state index contributed by atoms with van der Waals surface area (Å²) in [7, 11) is 1.81. The van der Waals surface area contributed by atoms with Crippen LogP contribution in [0.25, 0.3) is 11.1 Å². The highest BCUT2D eigenvalue weighted by Crippen LogP contribution is 2.45. The number of aromatic nitrogens is 2. The number of nitrogens with zero attached hydrogens (tertiary/aromatic N) is 2. The summed E-state index contributed by atoms with van der Waals surface area (Å²) in [5, 5.41) is 4.87. The van der Waals surface area contributed by atoms with Gasteiger partial charge in [-0.25, -0.2) is 0 Å². The average Bonchev–Trinajstić information content (AvgIpc) is 2.78. The second-order valence-electron chi connectivity index (χ2n) is 5.55. The number of hydrogen-bond acceptors (Lipinski definition) is 3. The van der Waals surface area contributed by atoms with Gasteiger partial charge in [0.1, 0.15) is 17.2 Å². The van der Waals surface area contributed by atoms with Crippen LogP contribution in [0.1, 0.15) is 19.4 Å². The van der Waals surface area contributed by atoms with Gasteiger partial charge in [-0.3, -0.25) is 4.68 Å². The van der Waals surface area contributed by atoms with Crippen LogP contribution in [-0.2, 0) is 13.5 Å². The Morgan fingerprint density at radius 2 is 2.11 bits per heavy atom. The standard InChI is InChI=1S/C14H16ClN3O/c1-14(2)6-8-4-9(15)5-10(12(8)19-14)11-7-17-18(3)13(11)16/h4-5,7H,6,16H2,1-3H3. The molecule has 4 nitrogen and oxygen atoms in total. The van der Waals surface area contributed by atoms with Gasteiger partial charge >= 0.3 is 0 Å². The van der Waals surface area contributed by atoms with Crippen molar-refractivity contribution in [3.05, 3.63) is 28.9 Å². The van der Waals surface area contributed by atoms with Crippen molar-refractivity contribution in [3.63, 3.8) is 0 Å². The van der Waals surface area contributed by atoms with E-state index >= 15 is 0 Å². The van der Waals surface area contributed by atoms with Crippen molar-refractivity contribution >= 4 is 17.4 Å². The number of benzene rings is 1. The summed E-state index contributed by atoms with van der Waals surface area (Å²) in [6.07, 6.45) is 2.59. The van der Waals surface area contributed by atoms with Crippen LogP contribution in [0.3, 0.4) is 0 Å². The lowest BCUT2D eigenvalue weighted by Gasteiger charge is -2.18. The molecular formula is C14H16ClN3O. The number of hydrogen-bond donors (Lipinski definition) is 1. The molecule has 1 aliphatic rings. The van der Waals surface area contributed by atoms with E-state index in [0.717, 1.165) is 28.9 Å². The number of rotatable bonds is 1. The van der Waals surface area contributed by atoms with Crippen LogP contribution in [0.15, 0.2) is 18.3 Å². The van der Waals surface area contributed by atoms with Crippen molar-refractivity contribution in [2.24, 2.45) is 7.05 Å². The highest BCUT2D eigenvalue weighted by atomic mass is 35.5. The van der Waals surface area contributed by atoms with Crippen LogP contribution in [0.2, 0.25) is 5.02 Å². The Bertz CT molecular complexity index is 661. The highest BCUT2D eigenvalue weighted by Gasteiger charge is 2.33. The summed E-state index contributed by atoms with van der Waals surface area (Å²) in [6.45, 7) is 4.13. The van der Waals surface area contributed by atoms with E-state index in [-0.39, 0.29) is 5.60 Å². The molecule has 5 heteroatoms. The van der Waals surface area contributed by atoms with Gasteiger partial charge in [0.15, 0.2) is 0 Å². The van der Waals surface area contributed by atoms with Crippen LogP contribution < -0.4 is 10.5 Å². The molecule has 0 radical (unpaired) electrons. The van der Waals surface area contributed by atoms with Crippen molar-refractivity contribution < 1.29 is 4.74 Å². The molecule has 3 rings (SSSR count). The highest BCUT2D eigenvalue weighted by molar-refractivity contribution is 6.31. The quantitative estimate of drug-likeness (QED) is 0.872. The SMILES string of the molecule is Cn1ncc(-c2cc(Cl)cc3c2OC(C)(C)C3)c1N. The minimum absolute atomic E-state index is 0.210. The minimum atomic E-state index is -0.210. The molecular weight excluding hydrogens is 262 g/mol. The summed E-state index contributed by atoms with van der Waals surface area (Å²) in [6, 6.07) is 3.84. The second-order valence-corrected chi connectivity index (χ2v) is 5.98.